The van der Waals surface area contributed by atoms with E-state index in [2.05, 4.69) is 11.1 Å². The van der Waals surface area contributed by atoms with Crippen molar-refractivity contribution in [1.82, 2.24) is 4.98 Å². The van der Waals surface area contributed by atoms with Gasteiger partial charge in [0.2, 0.25) is 5.88 Å². The van der Waals surface area contributed by atoms with Gasteiger partial charge < -0.3 is 10.5 Å². The summed E-state index contributed by atoms with van der Waals surface area (Å²) in [6, 6.07) is 4.28. The van der Waals surface area contributed by atoms with Crippen LogP contribution < -0.4 is 10.5 Å². The van der Waals surface area contributed by atoms with Crippen LogP contribution in [-0.4, -0.2) is 17.1 Å². The van der Waals surface area contributed by atoms with Crippen LogP contribution in [0.4, 0.5) is 0 Å². The van der Waals surface area contributed by atoms with Crippen molar-refractivity contribution in [2.45, 2.75) is 51.7 Å². The fourth-order valence-electron chi connectivity index (χ4n) is 2.47. The smallest absolute Gasteiger partial charge is 0.232 e. The number of nitriles is 1. The van der Waals surface area contributed by atoms with Crippen LogP contribution >= 0.6 is 0 Å². The van der Waals surface area contributed by atoms with Gasteiger partial charge in [0.1, 0.15) is 17.7 Å². The van der Waals surface area contributed by atoms with Crippen molar-refractivity contribution in [3.8, 4) is 11.9 Å². The number of nitrogens with zero attached hydrogens (tertiary/aromatic N) is 2. The Morgan fingerprint density at radius 2 is 2.22 bits per heavy atom. The number of hydrogen-bond acceptors (Lipinski definition) is 4. The molecular weight excluding hydrogens is 226 g/mol. The standard InChI is InChI=1S/C14H19N3O/c1-9-6-10(2)17-14(13(9)8-15)18-12-5-3-4-11(16)7-12/h6,11-12H,3-5,7,16H2,1-2H3. The summed E-state index contributed by atoms with van der Waals surface area (Å²) in [7, 11) is 0. The normalized spacial score (nSPS) is 23.4. The molecule has 0 aliphatic heterocycles. The number of aryl methyl sites for hydroxylation is 2. The SMILES string of the molecule is Cc1cc(C)c(C#N)c(OC2CCCC(N)C2)n1. The minimum Gasteiger partial charge on any atom is -0.473 e. The minimum absolute atomic E-state index is 0.0922. The van der Waals surface area contributed by atoms with Crippen LogP contribution in [0.2, 0.25) is 0 Å². The first-order valence-corrected chi connectivity index (χ1v) is 6.40. The Labute approximate surface area is 108 Å². The average molecular weight is 245 g/mol. The molecule has 1 heterocycles. The molecule has 0 aromatic carbocycles. The fraction of sp³-hybridized carbons (Fsp3) is 0.571. The molecule has 0 radical (unpaired) electrons. The van der Waals surface area contributed by atoms with Crippen LogP contribution in [0.5, 0.6) is 5.88 Å². The lowest BCUT2D eigenvalue weighted by molar-refractivity contribution is 0.138. The average Bonchev–Trinajstić information content (AvgIpc) is 2.28. The molecule has 18 heavy (non-hydrogen) atoms. The number of rotatable bonds is 2. The zero-order chi connectivity index (χ0) is 13.1. The quantitative estimate of drug-likeness (QED) is 0.867. The Kier molecular flexibility index (Phi) is 3.83. The summed E-state index contributed by atoms with van der Waals surface area (Å²) in [6.45, 7) is 3.82. The van der Waals surface area contributed by atoms with Gasteiger partial charge in [-0.1, -0.05) is 0 Å². The zero-order valence-electron chi connectivity index (χ0n) is 10.9. The molecule has 1 aliphatic rings. The molecule has 1 aromatic heterocycles. The van der Waals surface area contributed by atoms with Gasteiger partial charge in [0.25, 0.3) is 0 Å². The van der Waals surface area contributed by atoms with Crippen LogP contribution in [-0.2, 0) is 0 Å². The molecule has 0 bridgehead atoms. The van der Waals surface area contributed by atoms with Crippen molar-refractivity contribution in [2.24, 2.45) is 5.73 Å². The monoisotopic (exact) mass is 245 g/mol. The first-order chi connectivity index (χ1) is 8.60. The Hall–Kier alpha value is -1.60. The maximum atomic E-state index is 9.18. The third kappa shape index (κ3) is 2.80. The van der Waals surface area contributed by atoms with E-state index in [1.54, 1.807) is 0 Å². The fourth-order valence-corrected chi connectivity index (χ4v) is 2.47. The number of ether oxygens (including phenoxy) is 1. The molecule has 96 valence electrons. The van der Waals surface area contributed by atoms with E-state index >= 15 is 0 Å². The Balaban J connectivity index is 2.20. The van der Waals surface area contributed by atoms with Crippen LogP contribution in [0.1, 0.15) is 42.5 Å². The van der Waals surface area contributed by atoms with E-state index in [0.29, 0.717) is 11.4 Å². The van der Waals surface area contributed by atoms with Gasteiger partial charge in [0.05, 0.1) is 0 Å². The van der Waals surface area contributed by atoms with Crippen molar-refractivity contribution in [3.63, 3.8) is 0 Å². The molecule has 4 nitrogen and oxygen atoms in total. The first kappa shape index (κ1) is 12.8. The molecule has 2 rings (SSSR count). The van der Waals surface area contributed by atoms with Gasteiger partial charge >= 0.3 is 0 Å². The molecule has 2 N–H and O–H groups in total. The van der Waals surface area contributed by atoms with Crippen molar-refractivity contribution in [1.29, 1.82) is 5.26 Å². The molecular formula is C14H19N3O. The largest absolute Gasteiger partial charge is 0.473 e. The molecule has 1 saturated carbocycles. The summed E-state index contributed by atoms with van der Waals surface area (Å²) in [6.07, 6.45) is 4.07. The summed E-state index contributed by atoms with van der Waals surface area (Å²) in [5.74, 6) is 0.467. The van der Waals surface area contributed by atoms with Gasteiger partial charge in [-0.2, -0.15) is 5.26 Å². The maximum Gasteiger partial charge on any atom is 0.232 e. The lowest BCUT2D eigenvalue weighted by Crippen LogP contribution is -2.34. The summed E-state index contributed by atoms with van der Waals surface area (Å²) in [5, 5.41) is 9.18. The second-order valence-electron chi connectivity index (χ2n) is 5.04. The van der Waals surface area contributed by atoms with Crippen LogP contribution in [0.25, 0.3) is 0 Å². The first-order valence-electron chi connectivity index (χ1n) is 6.40. The lowest BCUT2D eigenvalue weighted by Gasteiger charge is -2.27. The second-order valence-corrected chi connectivity index (χ2v) is 5.04. The van der Waals surface area contributed by atoms with Crippen molar-refractivity contribution < 1.29 is 4.74 Å². The van der Waals surface area contributed by atoms with Crippen molar-refractivity contribution >= 4 is 0 Å². The molecule has 0 saturated heterocycles. The number of aromatic nitrogens is 1. The van der Waals surface area contributed by atoms with E-state index in [9.17, 15) is 5.26 Å². The summed E-state index contributed by atoms with van der Waals surface area (Å²) in [4.78, 5) is 4.34. The second kappa shape index (κ2) is 5.36. The predicted octanol–water partition coefficient (Wildman–Crippen LogP) is 2.22. The molecule has 1 fully saturated rings. The van der Waals surface area contributed by atoms with Gasteiger partial charge in [-0.15, -0.1) is 0 Å². The summed E-state index contributed by atoms with van der Waals surface area (Å²) in [5.41, 5.74) is 8.28. The minimum atomic E-state index is 0.0922. The summed E-state index contributed by atoms with van der Waals surface area (Å²) >= 11 is 0. The van der Waals surface area contributed by atoms with Gasteiger partial charge in [-0.05, 0) is 51.2 Å². The van der Waals surface area contributed by atoms with Gasteiger partial charge in [0.15, 0.2) is 0 Å². The lowest BCUT2D eigenvalue weighted by atomic mass is 9.93. The van der Waals surface area contributed by atoms with E-state index in [-0.39, 0.29) is 12.1 Å². The van der Waals surface area contributed by atoms with E-state index in [4.69, 9.17) is 10.5 Å². The predicted molar refractivity (Wildman–Crippen MR) is 69.3 cm³/mol. The molecule has 0 amide bonds. The Bertz CT molecular complexity index is 479. The van der Waals surface area contributed by atoms with Gasteiger partial charge in [-0.3, -0.25) is 0 Å². The van der Waals surface area contributed by atoms with Gasteiger partial charge in [-0.25, -0.2) is 4.98 Å². The highest BCUT2D eigenvalue weighted by Gasteiger charge is 2.22. The topological polar surface area (TPSA) is 71.9 Å². The van der Waals surface area contributed by atoms with Crippen LogP contribution in [0.3, 0.4) is 0 Å². The molecule has 4 heteroatoms. The highest BCUT2D eigenvalue weighted by atomic mass is 16.5. The highest BCUT2D eigenvalue weighted by molar-refractivity contribution is 5.45. The van der Waals surface area contributed by atoms with E-state index < -0.39 is 0 Å². The van der Waals surface area contributed by atoms with Crippen molar-refractivity contribution in [2.75, 3.05) is 0 Å². The summed E-state index contributed by atoms with van der Waals surface area (Å²) < 4.78 is 5.90. The van der Waals surface area contributed by atoms with E-state index in [0.717, 1.165) is 36.9 Å². The highest BCUT2D eigenvalue weighted by Crippen LogP contribution is 2.26. The molecule has 1 aromatic rings. The third-order valence-electron chi connectivity index (χ3n) is 3.37. The number of nitrogens with two attached hydrogens (primary N) is 1. The molecule has 2 atom stereocenters. The number of pyridine rings is 1. The Morgan fingerprint density at radius 3 is 2.89 bits per heavy atom. The molecule has 1 aliphatic carbocycles. The van der Waals surface area contributed by atoms with E-state index in [1.165, 1.54) is 0 Å². The molecule has 0 spiro atoms. The van der Waals surface area contributed by atoms with Crippen LogP contribution in [0, 0.1) is 25.2 Å². The Morgan fingerprint density at radius 1 is 1.44 bits per heavy atom. The molecule has 2 unspecified atom stereocenters. The maximum absolute atomic E-state index is 9.18. The van der Waals surface area contributed by atoms with Gasteiger partial charge in [0, 0.05) is 11.7 Å². The van der Waals surface area contributed by atoms with Crippen molar-refractivity contribution in [3.05, 3.63) is 22.9 Å². The van der Waals surface area contributed by atoms with E-state index in [1.807, 2.05) is 19.9 Å². The zero-order valence-corrected chi connectivity index (χ0v) is 10.9. The number of hydrogen-bond donors (Lipinski definition) is 1. The third-order valence-corrected chi connectivity index (χ3v) is 3.37. The van der Waals surface area contributed by atoms with Crippen LogP contribution in [0.15, 0.2) is 6.07 Å².